The number of aliphatic hydroxyl groups is 11. The van der Waals surface area contributed by atoms with Gasteiger partial charge >= 0.3 is 11.9 Å². The van der Waals surface area contributed by atoms with E-state index < -0.39 is 140 Å². The number of carbonyl (C=O) groups is 2. The molecule has 68 heavy (non-hydrogen) atoms. The molecule has 0 aromatic heterocycles. The molecule has 1 unspecified atom stereocenters. The number of ether oxygens (including phenoxy) is 6. The number of hydrogen-bond donors (Lipinski definition) is 12. The van der Waals surface area contributed by atoms with Gasteiger partial charge in [0.2, 0.25) is 6.29 Å². The predicted octanol–water partition coefficient (Wildman–Crippen LogP) is -0.627. The fourth-order valence-corrected chi connectivity index (χ4v) is 13.8. The lowest BCUT2D eigenvalue weighted by atomic mass is 9.35. The van der Waals surface area contributed by atoms with E-state index in [-0.39, 0.29) is 40.8 Å². The maximum Gasteiger partial charge on any atom is 0.331 e. The lowest BCUT2D eigenvalue weighted by molar-refractivity contribution is -0.363. The van der Waals surface area contributed by atoms with Gasteiger partial charge in [-0.2, -0.15) is 0 Å². The van der Waals surface area contributed by atoms with E-state index in [9.17, 15) is 66.1 Å². The topological polar surface area (TPSA) is 332 Å². The van der Waals surface area contributed by atoms with Gasteiger partial charge in [-0.05, 0) is 104 Å². The van der Waals surface area contributed by atoms with Crippen molar-refractivity contribution in [3.63, 3.8) is 0 Å². The lowest BCUT2D eigenvalue weighted by Crippen LogP contribution is -2.66. The predicted molar refractivity (Wildman–Crippen MR) is 234 cm³/mol. The van der Waals surface area contributed by atoms with Crippen LogP contribution in [0.2, 0.25) is 0 Å². The Balaban J connectivity index is 1.20. The smallest absolute Gasteiger partial charge is 0.331 e. The molecule has 3 aliphatic heterocycles. The Morgan fingerprint density at radius 3 is 1.91 bits per heavy atom. The molecule has 7 rings (SSSR count). The molecule has 0 aromatic rings. The first-order chi connectivity index (χ1) is 31.9. The van der Waals surface area contributed by atoms with Gasteiger partial charge in [-0.3, -0.25) is 4.79 Å². The summed E-state index contributed by atoms with van der Waals surface area (Å²) in [5.41, 5.74) is -1.27. The van der Waals surface area contributed by atoms with E-state index in [1.54, 1.807) is 0 Å². The summed E-state index contributed by atoms with van der Waals surface area (Å²) in [7, 11) is 0. The van der Waals surface area contributed by atoms with Crippen LogP contribution in [-0.4, -0.2) is 192 Å². The molecule has 0 spiro atoms. The van der Waals surface area contributed by atoms with Crippen molar-refractivity contribution in [2.45, 2.75) is 191 Å². The Hall–Kier alpha value is -2.22. The van der Waals surface area contributed by atoms with Gasteiger partial charge in [0, 0.05) is 12.2 Å². The Morgan fingerprint density at radius 2 is 1.31 bits per heavy atom. The molecule has 12 N–H and O–H groups in total. The summed E-state index contributed by atoms with van der Waals surface area (Å²) in [5, 5.41) is 127. The second kappa shape index (κ2) is 20.0. The van der Waals surface area contributed by atoms with Gasteiger partial charge in [0.05, 0.1) is 25.2 Å². The standard InChI is InChI=1S/C48H76O20/c1-22(39(60)61)23-10-12-47(6)29(45(23,4)11-7-17-49)9-8-24-25-18-44(2,3)13-15-48(25,16-14-46(24,47)5)43(62)68-42-37(59)38(67-41-36(58)34(56)31(53)27(20-51)65-41)32(54)28(66-42)21-63-40-35(57)33(55)30(52)26(19-50)64-40/h8,23,25-38,40-42,49-59H,1,7,9-21H2,2-6H3,(H,60,61)/t23-,25-,26+,27+,28+,29?,30+,31+,32+,33-,34-,35+,36+,37+,38-,40+,41-,42-,45-,46+,47+,48-/m0/s1. The number of fused-ring (bicyclic) bond motifs is 5. The summed E-state index contributed by atoms with van der Waals surface area (Å²) >= 11 is 0. The number of rotatable bonds is 14. The molecule has 22 atom stereocenters. The zero-order valence-electron chi connectivity index (χ0n) is 39.7. The minimum Gasteiger partial charge on any atom is -0.478 e. The SMILES string of the molecule is C=C(C(=O)O)[C@@H]1CC[C@]2(C)C(CC=C3[C@@H]4CC(C)(C)CC[C@]4(C(=O)O[C@@H]4O[C@H](CO[C@@H]5O[C@H](CO)[C@@H](O)[C@H](O)[C@H]5O)[C@@H](O)[C@H](O[C@@H]5O[C@H](CO)[C@@H](O)[C@H](O)[C@H]5O)[C@H]4O)CC[C@]32C)[C@@]1(C)CCCO. The van der Waals surface area contributed by atoms with Crippen molar-refractivity contribution >= 4 is 11.9 Å². The average Bonchev–Trinajstić information content (AvgIpc) is 3.29. The molecule has 3 saturated carbocycles. The molecular weight excluding hydrogens is 897 g/mol. The Bertz CT molecular complexity index is 1860. The highest BCUT2D eigenvalue weighted by Gasteiger charge is 2.68. The van der Waals surface area contributed by atoms with Crippen molar-refractivity contribution in [2.24, 2.45) is 44.8 Å². The van der Waals surface area contributed by atoms with Gasteiger partial charge in [0.25, 0.3) is 0 Å². The van der Waals surface area contributed by atoms with E-state index in [0.717, 1.165) is 12.0 Å². The molecule has 3 heterocycles. The molecule has 20 heteroatoms. The van der Waals surface area contributed by atoms with Gasteiger partial charge in [-0.25, -0.2) is 4.79 Å². The molecule has 7 aliphatic rings. The quantitative estimate of drug-likeness (QED) is 0.0586. The number of carboxylic acids is 1. The first kappa shape index (κ1) is 53.6. The number of carboxylic acid groups (broad SMARTS) is 1. The monoisotopic (exact) mass is 972 g/mol. The largest absolute Gasteiger partial charge is 0.478 e. The van der Waals surface area contributed by atoms with E-state index in [0.29, 0.717) is 57.8 Å². The van der Waals surface area contributed by atoms with Crippen LogP contribution < -0.4 is 0 Å². The summed E-state index contributed by atoms with van der Waals surface area (Å²) in [6.45, 7) is 12.8. The van der Waals surface area contributed by atoms with Crippen molar-refractivity contribution in [1.82, 2.24) is 0 Å². The Kier molecular flexibility index (Phi) is 15.8. The Morgan fingerprint density at radius 1 is 0.721 bits per heavy atom. The van der Waals surface area contributed by atoms with Crippen LogP contribution in [-0.2, 0) is 38.0 Å². The van der Waals surface area contributed by atoms with Crippen molar-refractivity contribution in [1.29, 1.82) is 0 Å². The molecule has 20 nitrogen and oxygen atoms in total. The van der Waals surface area contributed by atoms with Crippen molar-refractivity contribution in [3.8, 4) is 0 Å². The van der Waals surface area contributed by atoms with E-state index in [1.807, 2.05) is 0 Å². The second-order valence-electron chi connectivity index (χ2n) is 22.3. The highest BCUT2D eigenvalue weighted by Crippen LogP contribution is 2.74. The highest BCUT2D eigenvalue weighted by molar-refractivity contribution is 5.86. The van der Waals surface area contributed by atoms with E-state index in [4.69, 9.17) is 28.4 Å². The summed E-state index contributed by atoms with van der Waals surface area (Å²) < 4.78 is 35.0. The van der Waals surface area contributed by atoms with E-state index in [1.165, 1.54) is 0 Å². The molecule has 0 aromatic carbocycles. The van der Waals surface area contributed by atoms with Crippen LogP contribution in [0.5, 0.6) is 0 Å². The zero-order valence-corrected chi connectivity index (χ0v) is 39.7. The molecule has 0 radical (unpaired) electrons. The fraction of sp³-hybridized carbons (Fsp3) is 0.875. The highest BCUT2D eigenvalue weighted by atomic mass is 16.8. The molecule has 0 amide bonds. The number of hydrogen-bond acceptors (Lipinski definition) is 19. The van der Waals surface area contributed by atoms with E-state index in [2.05, 4.69) is 47.3 Å². The molecular formula is C48H76O20. The summed E-state index contributed by atoms with van der Waals surface area (Å²) in [5.74, 6) is -2.30. The fourth-order valence-electron chi connectivity index (χ4n) is 13.8. The molecule has 6 fully saturated rings. The van der Waals surface area contributed by atoms with Crippen LogP contribution >= 0.6 is 0 Å². The third-order valence-corrected chi connectivity index (χ3v) is 18.2. The summed E-state index contributed by atoms with van der Waals surface area (Å²) in [4.78, 5) is 27.7. The van der Waals surface area contributed by atoms with E-state index >= 15 is 4.79 Å². The number of allylic oxidation sites excluding steroid dienone is 2. The van der Waals surface area contributed by atoms with Crippen LogP contribution in [0.15, 0.2) is 23.8 Å². The minimum atomic E-state index is -1.99. The number of esters is 1. The third-order valence-electron chi connectivity index (χ3n) is 18.2. The number of aliphatic carboxylic acids is 1. The molecule has 0 bridgehead atoms. The third kappa shape index (κ3) is 9.04. The second-order valence-corrected chi connectivity index (χ2v) is 22.3. The zero-order chi connectivity index (χ0) is 50.1. The first-order valence-corrected chi connectivity index (χ1v) is 24.2. The van der Waals surface area contributed by atoms with Crippen molar-refractivity contribution < 1.29 is 99.3 Å². The lowest BCUT2D eigenvalue weighted by Gasteiger charge is -2.69. The normalized spacial score (nSPS) is 49.1. The van der Waals surface area contributed by atoms with Crippen LogP contribution in [0.25, 0.3) is 0 Å². The average molecular weight is 973 g/mol. The molecule has 4 aliphatic carbocycles. The number of aliphatic hydroxyl groups excluding tert-OH is 11. The maximum atomic E-state index is 15.3. The van der Waals surface area contributed by atoms with Gasteiger partial charge in [0.15, 0.2) is 12.6 Å². The minimum absolute atomic E-state index is 0.0289. The summed E-state index contributed by atoms with van der Waals surface area (Å²) in [6, 6.07) is 0. The van der Waals surface area contributed by atoms with Crippen molar-refractivity contribution in [2.75, 3.05) is 26.4 Å². The Labute approximate surface area is 396 Å². The van der Waals surface area contributed by atoms with Crippen LogP contribution in [0.1, 0.15) is 98.8 Å². The van der Waals surface area contributed by atoms with Crippen LogP contribution in [0.4, 0.5) is 0 Å². The van der Waals surface area contributed by atoms with Gasteiger partial charge in [-0.15, -0.1) is 0 Å². The van der Waals surface area contributed by atoms with Crippen LogP contribution in [0.3, 0.4) is 0 Å². The first-order valence-electron chi connectivity index (χ1n) is 24.2. The maximum absolute atomic E-state index is 15.3. The van der Waals surface area contributed by atoms with Crippen molar-refractivity contribution in [3.05, 3.63) is 23.8 Å². The van der Waals surface area contributed by atoms with Gasteiger partial charge in [0.1, 0.15) is 73.2 Å². The van der Waals surface area contributed by atoms with Gasteiger partial charge in [-0.1, -0.05) is 52.8 Å². The number of carbonyl (C=O) groups excluding carboxylic acids is 1. The van der Waals surface area contributed by atoms with Gasteiger partial charge < -0.3 is 89.7 Å². The molecule has 388 valence electrons. The molecule has 3 saturated heterocycles. The van der Waals surface area contributed by atoms with Crippen LogP contribution in [0, 0.1) is 44.8 Å². The summed E-state index contributed by atoms with van der Waals surface area (Å²) in [6.07, 6.45) is -18.4.